The van der Waals surface area contributed by atoms with Crippen molar-refractivity contribution in [2.75, 3.05) is 39.6 Å². The maximum Gasteiger partial charge on any atom is 0.472 e. The SMILES string of the molecule is CCCCCCCCCCCCCCCCCCCCCCCCC(=O)O[C@H](COC(=O)CCCCCCCCCCCCCCCCCC)COP(=O)(O)OC[C@@H](O)COP(=O)(O)OC[C@@H](COC(=O)CCCCCCCCCCC)OC(=O)CCCCCCCCCC(C)C. The van der Waals surface area contributed by atoms with Crippen molar-refractivity contribution in [3.8, 4) is 0 Å². The molecule has 0 spiro atoms. The highest BCUT2D eigenvalue weighted by molar-refractivity contribution is 7.47. The van der Waals surface area contributed by atoms with Crippen molar-refractivity contribution in [2.24, 2.45) is 5.92 Å². The van der Waals surface area contributed by atoms with Gasteiger partial charge in [-0.25, -0.2) is 9.13 Å². The van der Waals surface area contributed by atoms with E-state index in [4.69, 9.17) is 37.0 Å². The summed E-state index contributed by atoms with van der Waals surface area (Å²) in [7, 11) is -9.91. The highest BCUT2D eigenvalue weighted by Crippen LogP contribution is 2.45. The van der Waals surface area contributed by atoms with E-state index in [0.29, 0.717) is 31.6 Å². The van der Waals surface area contributed by atoms with Crippen LogP contribution < -0.4 is 0 Å². The number of carbonyl (C=O) groups is 4. The Hall–Kier alpha value is -1.94. The fraction of sp³-hybridized carbons (Fsp3) is 0.949. The lowest BCUT2D eigenvalue weighted by Gasteiger charge is -2.21. The summed E-state index contributed by atoms with van der Waals surface area (Å²) in [5.74, 6) is -1.42. The number of aliphatic hydroxyl groups is 1. The number of hydrogen-bond donors (Lipinski definition) is 3. The van der Waals surface area contributed by atoms with E-state index in [2.05, 4.69) is 34.6 Å². The minimum absolute atomic E-state index is 0.104. The van der Waals surface area contributed by atoms with Crippen molar-refractivity contribution in [1.29, 1.82) is 0 Å². The van der Waals surface area contributed by atoms with Crippen molar-refractivity contribution in [3.63, 3.8) is 0 Å². The number of aliphatic hydroxyl groups excluding tert-OH is 1. The van der Waals surface area contributed by atoms with E-state index in [-0.39, 0.29) is 25.7 Å². The van der Waals surface area contributed by atoms with Crippen LogP contribution in [0.15, 0.2) is 0 Å². The Morgan fingerprint density at radius 2 is 0.474 bits per heavy atom. The number of phosphoric acid groups is 2. The summed E-state index contributed by atoms with van der Waals surface area (Å²) in [6, 6.07) is 0. The predicted molar refractivity (Wildman–Crippen MR) is 395 cm³/mol. The molecule has 97 heavy (non-hydrogen) atoms. The Bertz CT molecular complexity index is 1860. The van der Waals surface area contributed by atoms with Crippen molar-refractivity contribution in [1.82, 2.24) is 0 Å². The molecule has 2 unspecified atom stereocenters. The lowest BCUT2D eigenvalue weighted by atomic mass is 10.0. The van der Waals surface area contributed by atoms with Crippen molar-refractivity contribution in [3.05, 3.63) is 0 Å². The molecular formula is C78H152O17P2. The summed E-state index contributed by atoms with van der Waals surface area (Å²) in [5, 5.41) is 10.6. The van der Waals surface area contributed by atoms with Gasteiger partial charge < -0.3 is 33.8 Å². The highest BCUT2D eigenvalue weighted by Gasteiger charge is 2.30. The zero-order valence-electron chi connectivity index (χ0n) is 63.2. The van der Waals surface area contributed by atoms with Gasteiger partial charge in [0.05, 0.1) is 26.4 Å². The summed E-state index contributed by atoms with van der Waals surface area (Å²) in [5.41, 5.74) is 0. The lowest BCUT2D eigenvalue weighted by molar-refractivity contribution is -0.161. The molecule has 0 heterocycles. The first-order valence-electron chi connectivity index (χ1n) is 40.6. The van der Waals surface area contributed by atoms with Crippen LogP contribution in [0.25, 0.3) is 0 Å². The first-order chi connectivity index (χ1) is 47.0. The van der Waals surface area contributed by atoms with Crippen LogP contribution in [-0.4, -0.2) is 96.7 Å². The van der Waals surface area contributed by atoms with E-state index in [1.165, 1.54) is 238 Å². The van der Waals surface area contributed by atoms with Crippen molar-refractivity contribution >= 4 is 39.5 Å². The molecule has 3 N–H and O–H groups in total. The summed E-state index contributed by atoms with van der Waals surface area (Å²) < 4.78 is 68.5. The molecule has 0 radical (unpaired) electrons. The van der Waals surface area contributed by atoms with E-state index in [1.54, 1.807) is 0 Å². The standard InChI is InChI=1S/C78H152O17P2/c1-6-9-12-15-18-21-23-25-27-29-30-31-32-33-34-36-38-40-43-48-53-58-63-77(82)94-73(67-89-76(81)62-57-52-47-42-39-37-35-28-26-24-22-19-16-13-10-7-2)69-92-96(84,85)90-65-72(79)66-91-97(86,87)93-70-74(68-88-75(80)61-56-51-46-41-20-17-14-11-8-3)95-78(83)64-59-54-49-44-45-50-55-60-71(4)5/h71-74,79H,6-70H2,1-5H3,(H,84,85)(H,86,87)/t72-,73-,74-/m1/s1. The van der Waals surface area contributed by atoms with Gasteiger partial charge in [-0.1, -0.05) is 362 Å². The minimum Gasteiger partial charge on any atom is -0.462 e. The Morgan fingerprint density at radius 1 is 0.278 bits per heavy atom. The normalized spacial score (nSPS) is 13.9. The van der Waals surface area contributed by atoms with Gasteiger partial charge in [0, 0.05) is 25.7 Å². The molecule has 17 nitrogen and oxygen atoms in total. The molecule has 0 bridgehead atoms. The maximum atomic E-state index is 13.1. The number of ether oxygens (including phenoxy) is 4. The summed E-state index contributed by atoms with van der Waals surface area (Å²) in [6.45, 7) is 7.22. The Kier molecular flexibility index (Phi) is 69.6. The molecule has 5 atom stereocenters. The summed E-state index contributed by atoms with van der Waals surface area (Å²) in [6.07, 6.45) is 61.4. The second-order valence-corrected chi connectivity index (χ2v) is 31.5. The van der Waals surface area contributed by atoms with Crippen molar-refractivity contribution in [2.45, 2.75) is 432 Å². The van der Waals surface area contributed by atoms with Gasteiger partial charge in [0.2, 0.25) is 0 Å². The zero-order valence-corrected chi connectivity index (χ0v) is 65.0. The van der Waals surface area contributed by atoms with E-state index < -0.39 is 97.5 Å². The number of rotatable bonds is 78. The van der Waals surface area contributed by atoms with Crippen LogP contribution in [0.3, 0.4) is 0 Å². The number of carbonyl (C=O) groups excluding carboxylic acids is 4. The Labute approximate surface area is 594 Å². The molecule has 0 aromatic heterocycles. The van der Waals surface area contributed by atoms with Gasteiger partial charge in [0.25, 0.3) is 0 Å². The molecule has 0 aliphatic carbocycles. The molecule has 19 heteroatoms. The van der Waals surface area contributed by atoms with Crippen LogP contribution >= 0.6 is 15.6 Å². The molecule has 0 aromatic carbocycles. The van der Waals surface area contributed by atoms with Gasteiger partial charge in [-0.05, 0) is 31.6 Å². The third-order valence-electron chi connectivity index (χ3n) is 18.3. The Morgan fingerprint density at radius 3 is 0.701 bits per heavy atom. The molecule has 0 saturated heterocycles. The van der Waals surface area contributed by atoms with Crippen LogP contribution in [0.2, 0.25) is 0 Å². The zero-order chi connectivity index (χ0) is 71.2. The molecule has 0 amide bonds. The van der Waals surface area contributed by atoms with Crippen molar-refractivity contribution < 1.29 is 80.2 Å². The molecule has 0 aliphatic rings. The number of phosphoric ester groups is 2. The van der Waals surface area contributed by atoms with Crippen LogP contribution in [0.1, 0.15) is 413 Å². The average molecular weight is 1420 g/mol. The number of unbranched alkanes of at least 4 members (excludes halogenated alkanes) is 50. The largest absolute Gasteiger partial charge is 0.472 e. The van der Waals surface area contributed by atoms with Crippen LogP contribution in [0.4, 0.5) is 0 Å². The highest BCUT2D eigenvalue weighted by atomic mass is 31.2. The number of esters is 4. The van der Waals surface area contributed by atoms with E-state index in [9.17, 15) is 43.2 Å². The average Bonchev–Trinajstić information content (AvgIpc) is 1.43. The van der Waals surface area contributed by atoms with Gasteiger partial charge in [-0.2, -0.15) is 0 Å². The van der Waals surface area contributed by atoms with Gasteiger partial charge in [-0.15, -0.1) is 0 Å². The number of hydrogen-bond acceptors (Lipinski definition) is 15. The summed E-state index contributed by atoms with van der Waals surface area (Å²) >= 11 is 0. The smallest absolute Gasteiger partial charge is 0.462 e. The Balaban J connectivity index is 5.17. The second kappa shape index (κ2) is 71.1. The molecule has 576 valence electrons. The van der Waals surface area contributed by atoms with E-state index in [0.717, 1.165) is 89.9 Å². The van der Waals surface area contributed by atoms with Gasteiger partial charge in [0.15, 0.2) is 12.2 Å². The molecule has 0 saturated carbocycles. The van der Waals surface area contributed by atoms with Gasteiger partial charge in [0.1, 0.15) is 19.3 Å². The van der Waals surface area contributed by atoms with Gasteiger partial charge >= 0.3 is 39.5 Å². The molecule has 0 aromatic rings. The quantitative estimate of drug-likeness (QED) is 0.0222. The van der Waals surface area contributed by atoms with Crippen LogP contribution in [0, 0.1) is 5.92 Å². The molecule has 0 aliphatic heterocycles. The van der Waals surface area contributed by atoms with E-state index in [1.807, 2.05) is 0 Å². The fourth-order valence-electron chi connectivity index (χ4n) is 12.1. The third kappa shape index (κ3) is 72.2. The minimum atomic E-state index is -4.96. The fourth-order valence-corrected chi connectivity index (χ4v) is 13.6. The first kappa shape index (κ1) is 95.1. The predicted octanol–water partition coefficient (Wildman–Crippen LogP) is 23.3. The van der Waals surface area contributed by atoms with E-state index >= 15 is 0 Å². The topological polar surface area (TPSA) is 237 Å². The molecule has 0 fully saturated rings. The summed E-state index contributed by atoms with van der Waals surface area (Å²) in [4.78, 5) is 72.8. The molecule has 0 rings (SSSR count). The van der Waals surface area contributed by atoms with Gasteiger partial charge in [-0.3, -0.25) is 37.3 Å². The monoisotopic (exact) mass is 1420 g/mol. The molecular weight excluding hydrogens is 1270 g/mol. The third-order valence-corrected chi connectivity index (χ3v) is 20.2. The first-order valence-corrected chi connectivity index (χ1v) is 43.6. The second-order valence-electron chi connectivity index (χ2n) is 28.6. The van der Waals surface area contributed by atoms with Crippen LogP contribution in [0.5, 0.6) is 0 Å². The van der Waals surface area contributed by atoms with Crippen LogP contribution in [-0.2, 0) is 65.4 Å². The maximum absolute atomic E-state index is 13.1. The lowest BCUT2D eigenvalue weighted by Crippen LogP contribution is -2.30.